The molecule has 8 nitrogen and oxygen atoms in total. The van der Waals surface area contributed by atoms with E-state index in [1.54, 1.807) is 29.6 Å². The molecule has 0 unspecified atom stereocenters. The summed E-state index contributed by atoms with van der Waals surface area (Å²) in [5, 5.41) is 11.7. The largest absolute Gasteiger partial charge is 0.405 e. The highest BCUT2D eigenvalue weighted by atomic mass is 19.4. The molecule has 0 fully saturated rings. The quantitative estimate of drug-likeness (QED) is 0.756. The van der Waals surface area contributed by atoms with Gasteiger partial charge in [0.1, 0.15) is 12.1 Å². The van der Waals surface area contributed by atoms with Crippen molar-refractivity contribution in [2.24, 2.45) is 0 Å². The fourth-order valence-electron chi connectivity index (χ4n) is 1.91. The Balaban J connectivity index is 1.83. The van der Waals surface area contributed by atoms with Gasteiger partial charge in [-0.25, -0.2) is 4.68 Å². The molecule has 0 spiro atoms. The summed E-state index contributed by atoms with van der Waals surface area (Å²) in [6, 6.07) is 6.58. The standard InChI is InChI=1S/C14H14F3N5O3/c15-14(16,17)8-19-12(24)7-18-11(23)5-6-22-13(25)9-3-1-2-4-10(9)20-21-22/h1-4H,5-8H2,(H,18,23)(H,19,24). The Morgan fingerprint density at radius 2 is 1.84 bits per heavy atom. The molecule has 25 heavy (non-hydrogen) atoms. The van der Waals surface area contributed by atoms with E-state index in [0.717, 1.165) is 4.68 Å². The van der Waals surface area contributed by atoms with Crippen LogP contribution in [0.4, 0.5) is 13.2 Å². The maximum atomic E-state index is 12.1. The zero-order valence-electron chi connectivity index (χ0n) is 12.8. The first-order valence-corrected chi connectivity index (χ1v) is 7.19. The van der Waals surface area contributed by atoms with E-state index >= 15 is 0 Å². The fourth-order valence-corrected chi connectivity index (χ4v) is 1.91. The number of aryl methyl sites for hydroxylation is 1. The molecule has 2 amide bonds. The zero-order valence-corrected chi connectivity index (χ0v) is 12.8. The predicted octanol–water partition coefficient (Wildman–Crippen LogP) is -0.0237. The van der Waals surface area contributed by atoms with Crippen LogP contribution in [0.3, 0.4) is 0 Å². The molecule has 0 saturated carbocycles. The number of aromatic nitrogens is 3. The molecule has 1 aromatic carbocycles. The van der Waals surface area contributed by atoms with Crippen molar-refractivity contribution in [3.05, 3.63) is 34.6 Å². The third-order valence-corrected chi connectivity index (χ3v) is 3.11. The van der Waals surface area contributed by atoms with E-state index in [1.807, 2.05) is 0 Å². The Bertz CT molecular complexity index is 834. The lowest BCUT2D eigenvalue weighted by Gasteiger charge is -2.09. The lowest BCUT2D eigenvalue weighted by atomic mass is 10.2. The van der Waals surface area contributed by atoms with E-state index in [9.17, 15) is 27.6 Å². The summed E-state index contributed by atoms with van der Waals surface area (Å²) in [5.74, 6) is -1.57. The molecule has 134 valence electrons. The maximum absolute atomic E-state index is 12.1. The predicted molar refractivity (Wildman–Crippen MR) is 80.5 cm³/mol. The third-order valence-electron chi connectivity index (χ3n) is 3.11. The van der Waals surface area contributed by atoms with Gasteiger partial charge in [0.25, 0.3) is 5.56 Å². The van der Waals surface area contributed by atoms with Crippen molar-refractivity contribution in [1.29, 1.82) is 0 Å². The van der Waals surface area contributed by atoms with Crippen LogP contribution >= 0.6 is 0 Å². The number of hydrogen-bond donors (Lipinski definition) is 2. The van der Waals surface area contributed by atoms with Crippen LogP contribution in [0.15, 0.2) is 29.1 Å². The van der Waals surface area contributed by atoms with Crippen molar-refractivity contribution < 1.29 is 22.8 Å². The van der Waals surface area contributed by atoms with Crippen LogP contribution in [-0.4, -0.2) is 46.1 Å². The number of benzene rings is 1. The van der Waals surface area contributed by atoms with Gasteiger partial charge in [-0.15, -0.1) is 5.10 Å². The molecule has 2 aromatic rings. The van der Waals surface area contributed by atoms with Crippen LogP contribution in [0.25, 0.3) is 10.9 Å². The summed E-state index contributed by atoms with van der Waals surface area (Å²) in [5.41, 5.74) is 0.0101. The topological polar surface area (TPSA) is 106 Å². The first-order chi connectivity index (χ1) is 11.8. The first-order valence-electron chi connectivity index (χ1n) is 7.19. The van der Waals surface area contributed by atoms with Gasteiger partial charge < -0.3 is 10.6 Å². The highest BCUT2D eigenvalue weighted by molar-refractivity contribution is 5.84. The second kappa shape index (κ2) is 7.73. The van der Waals surface area contributed by atoms with Gasteiger partial charge in [-0.1, -0.05) is 17.3 Å². The molecule has 0 atom stereocenters. The molecular formula is C14H14F3N5O3. The molecule has 0 aliphatic rings. The van der Waals surface area contributed by atoms with Gasteiger partial charge in [0.2, 0.25) is 11.8 Å². The number of nitrogens with zero attached hydrogens (tertiary/aromatic N) is 3. The van der Waals surface area contributed by atoms with Crippen LogP contribution in [0.1, 0.15) is 6.42 Å². The number of hydrogen-bond acceptors (Lipinski definition) is 5. The summed E-state index contributed by atoms with van der Waals surface area (Å²) in [6.45, 7) is -2.14. The van der Waals surface area contributed by atoms with Crippen LogP contribution in [0, 0.1) is 0 Å². The minimum Gasteiger partial charge on any atom is -0.347 e. The third kappa shape index (κ3) is 5.55. The van der Waals surface area contributed by atoms with Crippen molar-refractivity contribution in [3.63, 3.8) is 0 Å². The van der Waals surface area contributed by atoms with Crippen molar-refractivity contribution >= 4 is 22.7 Å². The van der Waals surface area contributed by atoms with Gasteiger partial charge in [-0.3, -0.25) is 14.4 Å². The summed E-state index contributed by atoms with van der Waals surface area (Å²) >= 11 is 0. The fraction of sp³-hybridized carbons (Fsp3) is 0.357. The van der Waals surface area contributed by atoms with Crippen molar-refractivity contribution in [1.82, 2.24) is 25.6 Å². The molecule has 0 saturated heterocycles. The molecule has 11 heteroatoms. The van der Waals surface area contributed by atoms with Crippen molar-refractivity contribution in [3.8, 4) is 0 Å². The molecule has 2 N–H and O–H groups in total. The van der Waals surface area contributed by atoms with Crippen LogP contribution in [0.2, 0.25) is 0 Å². The summed E-state index contributed by atoms with van der Waals surface area (Å²) in [4.78, 5) is 34.9. The number of rotatable bonds is 6. The molecule has 0 radical (unpaired) electrons. The van der Waals surface area contributed by atoms with Gasteiger partial charge in [-0.2, -0.15) is 13.2 Å². The average molecular weight is 357 g/mol. The Kier molecular flexibility index (Phi) is 5.67. The Labute approximate surface area is 139 Å². The van der Waals surface area contributed by atoms with E-state index < -0.39 is 36.6 Å². The number of fused-ring (bicyclic) bond motifs is 1. The normalized spacial score (nSPS) is 11.3. The Morgan fingerprint density at radius 1 is 1.12 bits per heavy atom. The molecular weight excluding hydrogens is 343 g/mol. The molecule has 0 aliphatic heterocycles. The summed E-state index contributed by atoms with van der Waals surface area (Å²) in [6.07, 6.45) is -4.70. The van der Waals surface area contributed by atoms with E-state index in [0.29, 0.717) is 10.9 Å². The Morgan fingerprint density at radius 3 is 2.56 bits per heavy atom. The SMILES string of the molecule is O=C(CCn1nnc2ccccc2c1=O)NCC(=O)NCC(F)(F)F. The molecule has 0 aliphatic carbocycles. The van der Waals surface area contributed by atoms with Gasteiger partial charge in [0.15, 0.2) is 0 Å². The highest BCUT2D eigenvalue weighted by Gasteiger charge is 2.27. The van der Waals surface area contributed by atoms with Crippen LogP contribution in [0.5, 0.6) is 0 Å². The maximum Gasteiger partial charge on any atom is 0.405 e. The van der Waals surface area contributed by atoms with E-state index in [2.05, 4.69) is 15.6 Å². The molecule has 1 aromatic heterocycles. The Hall–Kier alpha value is -2.98. The minimum absolute atomic E-state index is 0.0767. The number of amides is 2. The van der Waals surface area contributed by atoms with Gasteiger partial charge in [-0.05, 0) is 12.1 Å². The van der Waals surface area contributed by atoms with Crippen LogP contribution < -0.4 is 16.2 Å². The number of carbonyl (C=O) groups excluding carboxylic acids is 2. The van der Waals surface area contributed by atoms with Crippen molar-refractivity contribution in [2.45, 2.75) is 19.1 Å². The summed E-state index contributed by atoms with van der Waals surface area (Å²) < 4.78 is 36.8. The molecule has 1 heterocycles. The lowest BCUT2D eigenvalue weighted by Crippen LogP contribution is -2.41. The second-order valence-corrected chi connectivity index (χ2v) is 5.05. The smallest absolute Gasteiger partial charge is 0.347 e. The number of carbonyl (C=O) groups is 2. The number of halogens is 3. The first kappa shape index (κ1) is 18.4. The van der Waals surface area contributed by atoms with E-state index in [4.69, 9.17) is 0 Å². The van der Waals surface area contributed by atoms with Gasteiger partial charge in [0.05, 0.1) is 18.5 Å². The average Bonchev–Trinajstić information content (AvgIpc) is 2.57. The molecule has 0 bridgehead atoms. The second-order valence-electron chi connectivity index (χ2n) is 5.05. The van der Waals surface area contributed by atoms with E-state index in [1.165, 1.54) is 0 Å². The van der Waals surface area contributed by atoms with Crippen LogP contribution in [-0.2, 0) is 16.1 Å². The zero-order chi connectivity index (χ0) is 18.4. The van der Waals surface area contributed by atoms with Crippen molar-refractivity contribution in [2.75, 3.05) is 13.1 Å². The number of alkyl halides is 3. The van der Waals surface area contributed by atoms with Gasteiger partial charge in [0, 0.05) is 6.42 Å². The highest BCUT2D eigenvalue weighted by Crippen LogP contribution is 2.11. The molecule has 2 rings (SSSR count). The lowest BCUT2D eigenvalue weighted by molar-refractivity contribution is -0.138. The monoisotopic (exact) mass is 357 g/mol. The number of nitrogens with one attached hydrogen (secondary N) is 2. The van der Waals surface area contributed by atoms with Gasteiger partial charge >= 0.3 is 6.18 Å². The summed E-state index contributed by atoms with van der Waals surface area (Å²) in [7, 11) is 0. The minimum atomic E-state index is -4.52. The van der Waals surface area contributed by atoms with E-state index in [-0.39, 0.29) is 13.0 Å².